The average molecular weight is 248 g/mol. The second-order valence-corrected chi connectivity index (χ2v) is 5.58. The molecular formula is C15H24N2O. The molecule has 3 nitrogen and oxygen atoms in total. The van der Waals surface area contributed by atoms with Gasteiger partial charge in [-0.15, -0.1) is 0 Å². The van der Waals surface area contributed by atoms with Crippen molar-refractivity contribution in [3.05, 3.63) is 29.3 Å². The number of hydrogen-bond donors (Lipinski definition) is 1. The van der Waals surface area contributed by atoms with Crippen LogP contribution in [0.3, 0.4) is 0 Å². The van der Waals surface area contributed by atoms with Crippen molar-refractivity contribution in [3.63, 3.8) is 0 Å². The molecule has 1 N–H and O–H groups in total. The Kier molecular flexibility index (Phi) is 4.25. The van der Waals surface area contributed by atoms with Crippen molar-refractivity contribution in [2.45, 2.75) is 20.0 Å². The van der Waals surface area contributed by atoms with Gasteiger partial charge in [0.1, 0.15) is 0 Å². The third-order valence-electron chi connectivity index (χ3n) is 3.88. The molecule has 0 bridgehead atoms. The number of nitrogens with zero attached hydrogens (tertiary/aromatic N) is 2. The molecule has 1 unspecified atom stereocenters. The van der Waals surface area contributed by atoms with Crippen LogP contribution < -0.4 is 4.90 Å². The Hall–Kier alpha value is -1.06. The number of rotatable bonds is 4. The van der Waals surface area contributed by atoms with Crippen LogP contribution in [0.25, 0.3) is 0 Å². The molecule has 3 heteroatoms. The zero-order valence-electron chi connectivity index (χ0n) is 11.7. The first-order valence-corrected chi connectivity index (χ1v) is 6.70. The predicted octanol–water partition coefficient (Wildman–Crippen LogP) is 1.88. The van der Waals surface area contributed by atoms with E-state index in [1.54, 1.807) is 0 Å². The highest BCUT2D eigenvalue weighted by Gasteiger charge is 2.21. The van der Waals surface area contributed by atoms with Gasteiger partial charge in [0.05, 0.1) is 6.61 Å². The van der Waals surface area contributed by atoms with Crippen molar-refractivity contribution in [1.29, 1.82) is 0 Å². The van der Waals surface area contributed by atoms with Crippen LogP contribution in [0.15, 0.2) is 18.2 Å². The van der Waals surface area contributed by atoms with Gasteiger partial charge in [-0.05, 0) is 50.0 Å². The number of hydrogen-bond acceptors (Lipinski definition) is 3. The molecule has 2 rings (SSSR count). The van der Waals surface area contributed by atoms with Crippen LogP contribution in [0.4, 0.5) is 5.69 Å². The zero-order valence-corrected chi connectivity index (χ0v) is 11.7. The van der Waals surface area contributed by atoms with Crippen molar-refractivity contribution in [2.75, 3.05) is 38.6 Å². The number of aliphatic hydroxyl groups excluding tert-OH is 1. The van der Waals surface area contributed by atoms with Crippen LogP contribution in [0.5, 0.6) is 0 Å². The largest absolute Gasteiger partial charge is 0.392 e. The van der Waals surface area contributed by atoms with E-state index in [9.17, 15) is 0 Å². The fourth-order valence-electron chi connectivity index (χ4n) is 2.91. The first-order chi connectivity index (χ1) is 8.60. The Balaban J connectivity index is 2.02. The highest BCUT2D eigenvalue weighted by atomic mass is 16.3. The highest BCUT2D eigenvalue weighted by molar-refractivity contribution is 5.53. The van der Waals surface area contributed by atoms with Gasteiger partial charge in [0, 0.05) is 25.8 Å². The molecule has 0 aliphatic carbocycles. The molecular weight excluding hydrogens is 224 g/mol. The Morgan fingerprint density at radius 2 is 2.22 bits per heavy atom. The van der Waals surface area contributed by atoms with Gasteiger partial charge in [0.15, 0.2) is 0 Å². The van der Waals surface area contributed by atoms with E-state index in [0.717, 1.165) is 18.0 Å². The van der Waals surface area contributed by atoms with Crippen molar-refractivity contribution in [3.8, 4) is 0 Å². The third kappa shape index (κ3) is 3.03. The maximum Gasteiger partial charge on any atom is 0.0681 e. The molecule has 0 radical (unpaired) electrons. The standard InChI is InChI=1S/C15H24N2O/c1-12-8-13(11-18)4-5-15(12)17(3)10-14-6-7-16(2)9-14/h4-5,8,14,18H,6-7,9-11H2,1-3H3. The molecule has 1 aliphatic heterocycles. The summed E-state index contributed by atoms with van der Waals surface area (Å²) in [5.41, 5.74) is 3.52. The summed E-state index contributed by atoms with van der Waals surface area (Å²) in [7, 11) is 4.36. The lowest BCUT2D eigenvalue weighted by atomic mass is 10.1. The molecule has 0 saturated carbocycles. The summed E-state index contributed by atoms with van der Waals surface area (Å²) in [5.74, 6) is 0.775. The number of aryl methyl sites for hydroxylation is 1. The maximum absolute atomic E-state index is 9.13. The van der Waals surface area contributed by atoms with E-state index >= 15 is 0 Å². The second-order valence-electron chi connectivity index (χ2n) is 5.58. The summed E-state index contributed by atoms with van der Waals surface area (Å²) in [5, 5.41) is 9.13. The van der Waals surface area contributed by atoms with Crippen molar-refractivity contribution >= 4 is 5.69 Å². The maximum atomic E-state index is 9.13. The van der Waals surface area contributed by atoms with Crippen molar-refractivity contribution < 1.29 is 5.11 Å². The van der Waals surface area contributed by atoms with Gasteiger partial charge in [0.2, 0.25) is 0 Å². The van der Waals surface area contributed by atoms with Crippen LogP contribution in [-0.4, -0.2) is 43.7 Å². The second kappa shape index (κ2) is 5.72. The lowest BCUT2D eigenvalue weighted by Crippen LogP contribution is -2.27. The minimum absolute atomic E-state index is 0.123. The summed E-state index contributed by atoms with van der Waals surface area (Å²) in [6, 6.07) is 6.21. The Morgan fingerprint density at radius 1 is 1.44 bits per heavy atom. The van der Waals surface area contributed by atoms with Gasteiger partial charge >= 0.3 is 0 Å². The molecule has 100 valence electrons. The van der Waals surface area contributed by atoms with Gasteiger partial charge in [-0.2, -0.15) is 0 Å². The monoisotopic (exact) mass is 248 g/mol. The number of likely N-dealkylation sites (tertiary alicyclic amines) is 1. The molecule has 1 aromatic rings. The van der Waals surface area contributed by atoms with Gasteiger partial charge in [-0.25, -0.2) is 0 Å². The van der Waals surface area contributed by atoms with Crippen LogP contribution in [-0.2, 0) is 6.61 Å². The molecule has 18 heavy (non-hydrogen) atoms. The number of benzene rings is 1. The van der Waals surface area contributed by atoms with Gasteiger partial charge in [-0.1, -0.05) is 12.1 Å². The van der Waals surface area contributed by atoms with Crippen LogP contribution in [0.2, 0.25) is 0 Å². The predicted molar refractivity (Wildman–Crippen MR) is 76.0 cm³/mol. The zero-order chi connectivity index (χ0) is 13.1. The lowest BCUT2D eigenvalue weighted by Gasteiger charge is -2.25. The van der Waals surface area contributed by atoms with Crippen LogP contribution in [0.1, 0.15) is 17.5 Å². The van der Waals surface area contributed by atoms with Gasteiger partial charge in [-0.3, -0.25) is 0 Å². The fourth-order valence-corrected chi connectivity index (χ4v) is 2.91. The SMILES string of the molecule is Cc1cc(CO)ccc1N(C)CC1CCN(C)C1. The normalized spacial score (nSPS) is 20.3. The molecule has 0 aromatic heterocycles. The summed E-state index contributed by atoms with van der Waals surface area (Å²) >= 11 is 0. The summed E-state index contributed by atoms with van der Waals surface area (Å²) in [6.45, 7) is 5.78. The Labute approximate surface area is 110 Å². The lowest BCUT2D eigenvalue weighted by molar-refractivity contribution is 0.282. The van der Waals surface area contributed by atoms with E-state index in [4.69, 9.17) is 5.11 Å². The molecule has 0 spiro atoms. The summed E-state index contributed by atoms with van der Waals surface area (Å²) < 4.78 is 0. The molecule has 1 atom stereocenters. The smallest absolute Gasteiger partial charge is 0.0681 e. The fraction of sp³-hybridized carbons (Fsp3) is 0.600. The first-order valence-electron chi connectivity index (χ1n) is 6.70. The average Bonchev–Trinajstić information content (AvgIpc) is 2.74. The summed E-state index contributed by atoms with van der Waals surface area (Å²) in [6.07, 6.45) is 1.30. The van der Waals surface area contributed by atoms with Crippen molar-refractivity contribution in [2.24, 2.45) is 5.92 Å². The van der Waals surface area contributed by atoms with Gasteiger partial charge < -0.3 is 14.9 Å². The number of anilines is 1. The summed E-state index contributed by atoms with van der Waals surface area (Å²) in [4.78, 5) is 4.75. The van der Waals surface area contributed by atoms with E-state index in [1.807, 2.05) is 6.07 Å². The third-order valence-corrected chi connectivity index (χ3v) is 3.88. The van der Waals surface area contributed by atoms with E-state index in [2.05, 4.69) is 43.0 Å². The molecule has 1 heterocycles. The quantitative estimate of drug-likeness (QED) is 0.881. The highest BCUT2D eigenvalue weighted by Crippen LogP contribution is 2.23. The minimum atomic E-state index is 0.123. The number of aliphatic hydroxyl groups is 1. The van der Waals surface area contributed by atoms with Crippen molar-refractivity contribution in [1.82, 2.24) is 4.90 Å². The van der Waals surface area contributed by atoms with Gasteiger partial charge in [0.25, 0.3) is 0 Å². The van der Waals surface area contributed by atoms with E-state index < -0.39 is 0 Å². The van der Waals surface area contributed by atoms with Crippen LogP contribution >= 0.6 is 0 Å². The molecule has 1 saturated heterocycles. The van der Waals surface area contributed by atoms with E-state index in [-0.39, 0.29) is 6.61 Å². The minimum Gasteiger partial charge on any atom is -0.392 e. The van der Waals surface area contributed by atoms with E-state index in [0.29, 0.717) is 0 Å². The Bertz CT molecular complexity index is 405. The molecule has 1 aromatic carbocycles. The molecule has 1 aliphatic rings. The first kappa shape index (κ1) is 13.4. The van der Waals surface area contributed by atoms with Crippen LogP contribution in [0, 0.1) is 12.8 Å². The topological polar surface area (TPSA) is 26.7 Å². The Morgan fingerprint density at radius 3 is 2.78 bits per heavy atom. The van der Waals surface area contributed by atoms with E-state index in [1.165, 1.54) is 30.8 Å². The molecule has 1 fully saturated rings. The molecule has 0 amide bonds.